The van der Waals surface area contributed by atoms with Gasteiger partial charge < -0.3 is 9.84 Å². The van der Waals surface area contributed by atoms with Crippen LogP contribution in [0.3, 0.4) is 0 Å². The van der Waals surface area contributed by atoms with E-state index < -0.39 is 22.6 Å². The second kappa shape index (κ2) is 8.06. The van der Waals surface area contributed by atoms with Crippen LogP contribution in [0.2, 0.25) is 0 Å². The number of benzene rings is 2. The molecule has 29 heavy (non-hydrogen) atoms. The number of carboxylic acids is 1. The molecule has 0 bridgehead atoms. The Morgan fingerprint density at radius 1 is 1.17 bits per heavy atom. The summed E-state index contributed by atoms with van der Waals surface area (Å²) < 4.78 is 32.2. The smallest absolute Gasteiger partial charge is 0.341 e. The number of hydrogen-bond donors (Lipinski definition) is 1. The number of nitrogens with zero attached hydrogens (tertiary/aromatic N) is 1. The minimum Gasteiger partial charge on any atom is -0.482 e. The molecule has 1 atom stereocenters. The molecule has 1 aliphatic rings. The van der Waals surface area contributed by atoms with E-state index in [0.717, 1.165) is 11.1 Å². The zero-order valence-electron chi connectivity index (χ0n) is 17.0. The van der Waals surface area contributed by atoms with E-state index in [2.05, 4.69) is 20.8 Å². The molecule has 6 nitrogen and oxygen atoms in total. The molecule has 1 fully saturated rings. The van der Waals surface area contributed by atoms with Gasteiger partial charge in [-0.1, -0.05) is 45.0 Å². The van der Waals surface area contributed by atoms with E-state index in [1.54, 1.807) is 18.2 Å². The third-order valence-electron chi connectivity index (χ3n) is 5.06. The Labute approximate surface area is 172 Å². The van der Waals surface area contributed by atoms with Gasteiger partial charge in [0, 0.05) is 0 Å². The Bertz CT molecular complexity index is 977. The van der Waals surface area contributed by atoms with Crippen LogP contribution >= 0.6 is 0 Å². The second-order valence-corrected chi connectivity index (χ2v) is 10.4. The van der Waals surface area contributed by atoms with Crippen molar-refractivity contribution in [1.29, 1.82) is 0 Å². The van der Waals surface area contributed by atoms with Gasteiger partial charge in [0.05, 0.1) is 17.5 Å². The van der Waals surface area contributed by atoms with Crippen LogP contribution in [0.15, 0.2) is 48.5 Å². The molecule has 0 aliphatic carbocycles. The van der Waals surface area contributed by atoms with Gasteiger partial charge in [0.25, 0.3) is 0 Å². The highest BCUT2D eigenvalue weighted by Gasteiger charge is 2.37. The highest BCUT2D eigenvalue weighted by molar-refractivity contribution is 7.93. The van der Waals surface area contributed by atoms with Crippen LogP contribution in [0.1, 0.15) is 38.3 Å². The van der Waals surface area contributed by atoms with Gasteiger partial charge in [-0.3, -0.25) is 4.31 Å². The molecule has 2 aromatic rings. The number of rotatable bonds is 6. The Hall–Kier alpha value is -2.54. The van der Waals surface area contributed by atoms with Crippen LogP contribution in [0.25, 0.3) is 0 Å². The lowest BCUT2D eigenvalue weighted by Gasteiger charge is -2.27. The molecule has 1 saturated heterocycles. The van der Waals surface area contributed by atoms with Crippen molar-refractivity contribution in [2.45, 2.75) is 45.1 Å². The molecule has 7 heteroatoms. The summed E-state index contributed by atoms with van der Waals surface area (Å²) in [6.07, 6.45) is 1.08. The van der Waals surface area contributed by atoms with Crippen molar-refractivity contribution in [3.8, 4) is 5.75 Å². The first kappa shape index (κ1) is 21.2. The molecule has 3 rings (SSSR count). The summed E-state index contributed by atoms with van der Waals surface area (Å²) in [4.78, 5) is 10.7. The molecule has 0 radical (unpaired) electrons. The summed E-state index contributed by atoms with van der Waals surface area (Å²) in [6, 6.07) is 14.7. The maximum absolute atomic E-state index is 12.7. The molecule has 1 N–H and O–H groups in total. The van der Waals surface area contributed by atoms with Gasteiger partial charge in [0.2, 0.25) is 10.0 Å². The Balaban J connectivity index is 1.82. The molecule has 1 aliphatic heterocycles. The minimum atomic E-state index is -3.36. The van der Waals surface area contributed by atoms with Gasteiger partial charge >= 0.3 is 5.97 Å². The summed E-state index contributed by atoms with van der Waals surface area (Å²) in [5.74, 6) is -0.456. The fraction of sp³-hybridized carbons (Fsp3) is 0.409. The molecule has 156 valence electrons. The quantitative estimate of drug-likeness (QED) is 0.776. The highest BCUT2D eigenvalue weighted by atomic mass is 32.2. The second-order valence-electron chi connectivity index (χ2n) is 8.39. The first-order chi connectivity index (χ1) is 13.6. The number of sulfonamides is 1. The van der Waals surface area contributed by atoms with Gasteiger partial charge in [-0.2, -0.15) is 0 Å². The fourth-order valence-corrected chi connectivity index (χ4v) is 5.42. The third-order valence-corrected chi connectivity index (χ3v) is 6.92. The van der Waals surface area contributed by atoms with Crippen LogP contribution in [0, 0.1) is 0 Å². The molecule has 0 amide bonds. The topological polar surface area (TPSA) is 83.9 Å². The number of aliphatic carboxylic acids is 1. The molecule has 0 spiro atoms. The van der Waals surface area contributed by atoms with Gasteiger partial charge in [-0.25, -0.2) is 13.2 Å². The average molecular weight is 418 g/mol. The Morgan fingerprint density at radius 3 is 2.48 bits per heavy atom. The van der Waals surface area contributed by atoms with Gasteiger partial charge in [0.1, 0.15) is 5.75 Å². The maximum Gasteiger partial charge on any atom is 0.341 e. The lowest BCUT2D eigenvalue weighted by Crippen LogP contribution is -2.34. The van der Waals surface area contributed by atoms with Crippen LogP contribution in [0.5, 0.6) is 5.75 Å². The number of hydrogen-bond acceptors (Lipinski definition) is 4. The molecular formula is C22H27NO5S. The fourth-order valence-electron chi connectivity index (χ4n) is 3.57. The average Bonchev–Trinajstić information content (AvgIpc) is 2.94. The summed E-state index contributed by atoms with van der Waals surface area (Å²) in [5, 5.41) is 8.76. The van der Waals surface area contributed by atoms with Crippen molar-refractivity contribution in [1.82, 2.24) is 0 Å². The summed E-state index contributed by atoms with van der Waals surface area (Å²) in [7, 11) is -3.36. The van der Waals surface area contributed by atoms with Crippen LogP contribution in [-0.2, 0) is 26.7 Å². The molecule has 0 saturated carbocycles. The number of carbonyl (C=O) groups is 1. The molecule has 2 aromatic carbocycles. The van der Waals surface area contributed by atoms with E-state index in [0.29, 0.717) is 24.3 Å². The summed E-state index contributed by atoms with van der Waals surface area (Å²) in [6.45, 7) is 5.96. The SMILES string of the molecule is CC(C)(C)c1ccc(N2C(Cc3cccc(OCC(=O)O)c3)CCS2(=O)=O)cc1. The summed E-state index contributed by atoms with van der Waals surface area (Å²) in [5.41, 5.74) is 2.74. The normalized spacial score (nSPS) is 18.6. The van der Waals surface area contributed by atoms with Crippen LogP contribution in [-0.4, -0.2) is 37.9 Å². The van der Waals surface area contributed by atoms with E-state index in [9.17, 15) is 13.2 Å². The lowest BCUT2D eigenvalue weighted by atomic mass is 9.87. The van der Waals surface area contributed by atoms with Crippen molar-refractivity contribution in [3.63, 3.8) is 0 Å². The van der Waals surface area contributed by atoms with Gasteiger partial charge in [-0.15, -0.1) is 0 Å². The monoisotopic (exact) mass is 417 g/mol. The number of carboxylic acid groups (broad SMARTS) is 1. The largest absolute Gasteiger partial charge is 0.482 e. The van der Waals surface area contributed by atoms with Gasteiger partial charge in [0.15, 0.2) is 6.61 Å². The van der Waals surface area contributed by atoms with Crippen molar-refractivity contribution in [3.05, 3.63) is 59.7 Å². The first-order valence-corrected chi connectivity index (χ1v) is 11.2. The molecule has 1 heterocycles. The van der Waals surface area contributed by atoms with Crippen molar-refractivity contribution < 1.29 is 23.1 Å². The van der Waals surface area contributed by atoms with E-state index in [4.69, 9.17) is 9.84 Å². The standard InChI is InChI=1S/C22H27NO5S/c1-22(2,3)17-7-9-18(10-8-17)23-19(11-12-29(23,26)27)13-16-5-4-6-20(14-16)28-15-21(24)25/h4-10,14,19H,11-13,15H2,1-3H3,(H,24,25). The van der Waals surface area contributed by atoms with E-state index in [1.165, 1.54) is 4.31 Å². The van der Waals surface area contributed by atoms with Crippen LogP contribution in [0.4, 0.5) is 5.69 Å². The van der Waals surface area contributed by atoms with Crippen molar-refractivity contribution >= 4 is 21.7 Å². The maximum atomic E-state index is 12.7. The summed E-state index contributed by atoms with van der Waals surface area (Å²) >= 11 is 0. The Morgan fingerprint density at radius 2 is 1.86 bits per heavy atom. The zero-order chi connectivity index (χ0) is 21.2. The number of ether oxygens (including phenoxy) is 1. The third kappa shape index (κ3) is 5.09. The zero-order valence-corrected chi connectivity index (χ0v) is 17.8. The lowest BCUT2D eigenvalue weighted by molar-refractivity contribution is -0.139. The van der Waals surface area contributed by atoms with Crippen LogP contribution < -0.4 is 9.04 Å². The van der Waals surface area contributed by atoms with Crippen molar-refractivity contribution in [2.75, 3.05) is 16.7 Å². The first-order valence-electron chi connectivity index (χ1n) is 9.62. The highest BCUT2D eigenvalue weighted by Crippen LogP contribution is 2.33. The minimum absolute atomic E-state index is 0.00178. The predicted octanol–water partition coefficient (Wildman–Crippen LogP) is 3.60. The molecule has 1 unspecified atom stereocenters. The predicted molar refractivity (Wildman–Crippen MR) is 113 cm³/mol. The van der Waals surface area contributed by atoms with Crippen molar-refractivity contribution in [2.24, 2.45) is 0 Å². The van der Waals surface area contributed by atoms with E-state index in [-0.39, 0.29) is 17.2 Å². The van der Waals surface area contributed by atoms with Gasteiger partial charge in [-0.05, 0) is 53.6 Å². The molecule has 0 aromatic heterocycles. The number of anilines is 1. The van der Waals surface area contributed by atoms with E-state index >= 15 is 0 Å². The Kier molecular flexibility index (Phi) is 5.89. The van der Waals surface area contributed by atoms with E-state index in [1.807, 2.05) is 30.3 Å². The molecular weight excluding hydrogens is 390 g/mol.